The van der Waals surface area contributed by atoms with Crippen molar-refractivity contribution in [1.82, 2.24) is 10.2 Å². The van der Waals surface area contributed by atoms with Gasteiger partial charge < -0.3 is 10.2 Å². The third-order valence-electron chi connectivity index (χ3n) is 2.93. The van der Waals surface area contributed by atoms with E-state index in [9.17, 15) is 4.79 Å². The minimum atomic E-state index is 0.195. The predicted molar refractivity (Wildman–Crippen MR) is 58.1 cm³/mol. The number of nitrogens with one attached hydrogen (secondary N) is 1. The van der Waals surface area contributed by atoms with Crippen LogP contribution in [0.2, 0.25) is 0 Å². The number of carbonyl (C=O) groups excluding carboxylic acids is 1. The molecule has 0 aromatic rings. The van der Waals surface area contributed by atoms with Crippen LogP contribution in [0.1, 0.15) is 33.6 Å². The van der Waals surface area contributed by atoms with Gasteiger partial charge in [-0.3, -0.25) is 4.79 Å². The van der Waals surface area contributed by atoms with Crippen molar-refractivity contribution in [3.05, 3.63) is 0 Å². The molecule has 0 saturated carbocycles. The highest BCUT2D eigenvalue weighted by molar-refractivity contribution is 5.78. The highest BCUT2D eigenvalue weighted by Crippen LogP contribution is 2.13. The van der Waals surface area contributed by atoms with Gasteiger partial charge in [-0.2, -0.15) is 0 Å². The van der Waals surface area contributed by atoms with Gasteiger partial charge in [-0.15, -0.1) is 0 Å². The molecule has 1 N–H and O–H groups in total. The first-order valence-electron chi connectivity index (χ1n) is 5.68. The Morgan fingerprint density at radius 3 is 2.93 bits per heavy atom. The Balaban J connectivity index is 2.49. The SMILES string of the molecule is CCCC(C)C(=O)N1CCNC[C@H]1C. The van der Waals surface area contributed by atoms with Gasteiger partial charge in [-0.05, 0) is 13.3 Å². The summed E-state index contributed by atoms with van der Waals surface area (Å²) in [5.41, 5.74) is 0. The molecule has 1 rings (SSSR count). The largest absolute Gasteiger partial charge is 0.337 e. The third kappa shape index (κ3) is 2.71. The highest BCUT2D eigenvalue weighted by atomic mass is 16.2. The summed E-state index contributed by atoms with van der Waals surface area (Å²) in [6.07, 6.45) is 2.10. The second-order valence-corrected chi connectivity index (χ2v) is 4.27. The van der Waals surface area contributed by atoms with Crippen LogP contribution < -0.4 is 5.32 Å². The average molecular weight is 198 g/mol. The van der Waals surface area contributed by atoms with Crippen molar-refractivity contribution in [3.8, 4) is 0 Å². The van der Waals surface area contributed by atoms with Gasteiger partial charge in [0.15, 0.2) is 0 Å². The Bertz CT molecular complexity index is 194. The van der Waals surface area contributed by atoms with Crippen LogP contribution in [0.15, 0.2) is 0 Å². The fraction of sp³-hybridized carbons (Fsp3) is 0.909. The molecule has 0 aromatic heterocycles. The lowest BCUT2D eigenvalue weighted by Crippen LogP contribution is -2.53. The lowest BCUT2D eigenvalue weighted by atomic mass is 10.0. The number of rotatable bonds is 3. The van der Waals surface area contributed by atoms with Crippen LogP contribution in [-0.2, 0) is 4.79 Å². The Labute approximate surface area is 86.9 Å². The molecule has 3 nitrogen and oxygen atoms in total. The van der Waals surface area contributed by atoms with Gasteiger partial charge >= 0.3 is 0 Å². The smallest absolute Gasteiger partial charge is 0.225 e. The van der Waals surface area contributed by atoms with E-state index in [-0.39, 0.29) is 5.92 Å². The Kier molecular flexibility index (Phi) is 4.39. The summed E-state index contributed by atoms with van der Waals surface area (Å²) in [6.45, 7) is 9.03. The number of piperazine rings is 1. The van der Waals surface area contributed by atoms with E-state index in [0.717, 1.165) is 32.5 Å². The molecular weight excluding hydrogens is 176 g/mol. The summed E-state index contributed by atoms with van der Waals surface area (Å²) in [5, 5.41) is 3.30. The maximum atomic E-state index is 12.0. The average Bonchev–Trinajstić information content (AvgIpc) is 2.18. The van der Waals surface area contributed by atoms with E-state index < -0.39 is 0 Å². The summed E-state index contributed by atoms with van der Waals surface area (Å²) in [5.74, 6) is 0.529. The van der Waals surface area contributed by atoms with Gasteiger partial charge in [-0.1, -0.05) is 20.3 Å². The molecule has 3 heteroatoms. The number of nitrogens with zero attached hydrogens (tertiary/aromatic N) is 1. The number of hydrogen-bond acceptors (Lipinski definition) is 2. The van der Waals surface area contributed by atoms with Crippen molar-refractivity contribution in [1.29, 1.82) is 0 Å². The number of amides is 1. The van der Waals surface area contributed by atoms with E-state index >= 15 is 0 Å². The molecule has 0 spiro atoms. The first kappa shape index (κ1) is 11.5. The molecule has 0 bridgehead atoms. The molecule has 1 amide bonds. The predicted octanol–water partition coefficient (Wildman–Crippen LogP) is 1.24. The molecule has 1 fully saturated rings. The van der Waals surface area contributed by atoms with Crippen molar-refractivity contribution >= 4 is 5.91 Å². The van der Waals surface area contributed by atoms with Gasteiger partial charge in [0, 0.05) is 31.6 Å². The van der Waals surface area contributed by atoms with Crippen molar-refractivity contribution < 1.29 is 4.79 Å². The molecule has 1 aliphatic heterocycles. The van der Waals surface area contributed by atoms with Crippen LogP contribution in [0.5, 0.6) is 0 Å². The van der Waals surface area contributed by atoms with E-state index in [0.29, 0.717) is 11.9 Å². The molecule has 82 valence electrons. The summed E-state index contributed by atoms with van der Waals surface area (Å²) in [6, 6.07) is 0.357. The minimum absolute atomic E-state index is 0.195. The fourth-order valence-electron chi connectivity index (χ4n) is 2.01. The topological polar surface area (TPSA) is 32.3 Å². The van der Waals surface area contributed by atoms with E-state index in [2.05, 4.69) is 19.2 Å². The summed E-state index contributed by atoms with van der Waals surface area (Å²) in [7, 11) is 0. The molecule has 0 aliphatic carbocycles. The Hall–Kier alpha value is -0.570. The summed E-state index contributed by atoms with van der Waals surface area (Å²) < 4.78 is 0. The highest BCUT2D eigenvalue weighted by Gasteiger charge is 2.25. The summed E-state index contributed by atoms with van der Waals surface area (Å²) >= 11 is 0. The molecule has 1 saturated heterocycles. The van der Waals surface area contributed by atoms with Gasteiger partial charge in [0.1, 0.15) is 0 Å². The van der Waals surface area contributed by atoms with Gasteiger partial charge in [-0.25, -0.2) is 0 Å². The van der Waals surface area contributed by atoms with E-state index in [1.54, 1.807) is 0 Å². The van der Waals surface area contributed by atoms with Gasteiger partial charge in [0.2, 0.25) is 5.91 Å². The molecular formula is C11H22N2O. The zero-order valence-corrected chi connectivity index (χ0v) is 9.55. The Morgan fingerprint density at radius 1 is 1.64 bits per heavy atom. The maximum Gasteiger partial charge on any atom is 0.225 e. The molecule has 2 atom stereocenters. The Morgan fingerprint density at radius 2 is 2.36 bits per heavy atom. The molecule has 1 aliphatic rings. The lowest BCUT2D eigenvalue weighted by Gasteiger charge is -2.35. The number of hydrogen-bond donors (Lipinski definition) is 1. The van der Waals surface area contributed by atoms with Crippen molar-refractivity contribution in [3.63, 3.8) is 0 Å². The quantitative estimate of drug-likeness (QED) is 0.740. The van der Waals surface area contributed by atoms with Crippen molar-refractivity contribution in [2.24, 2.45) is 5.92 Å². The van der Waals surface area contributed by atoms with Crippen LogP contribution >= 0.6 is 0 Å². The van der Waals surface area contributed by atoms with Crippen molar-refractivity contribution in [2.75, 3.05) is 19.6 Å². The zero-order valence-electron chi connectivity index (χ0n) is 9.55. The lowest BCUT2D eigenvalue weighted by molar-refractivity contribution is -0.138. The second kappa shape index (κ2) is 5.35. The molecule has 0 radical (unpaired) electrons. The van der Waals surface area contributed by atoms with Crippen LogP contribution in [0, 0.1) is 5.92 Å². The van der Waals surface area contributed by atoms with Crippen LogP contribution in [0.4, 0.5) is 0 Å². The number of carbonyl (C=O) groups is 1. The normalized spacial score (nSPS) is 24.8. The molecule has 1 unspecified atom stereocenters. The first-order valence-corrected chi connectivity index (χ1v) is 5.68. The van der Waals surface area contributed by atoms with E-state index in [1.165, 1.54) is 0 Å². The van der Waals surface area contributed by atoms with E-state index in [1.807, 2.05) is 11.8 Å². The monoisotopic (exact) mass is 198 g/mol. The van der Waals surface area contributed by atoms with Crippen LogP contribution in [-0.4, -0.2) is 36.5 Å². The van der Waals surface area contributed by atoms with Gasteiger partial charge in [0.05, 0.1) is 0 Å². The standard InChI is InChI=1S/C11H22N2O/c1-4-5-9(2)11(14)13-7-6-12-8-10(13)3/h9-10,12H,4-8H2,1-3H3/t9?,10-/m1/s1. The molecule has 1 heterocycles. The van der Waals surface area contributed by atoms with Crippen molar-refractivity contribution in [2.45, 2.75) is 39.7 Å². The van der Waals surface area contributed by atoms with Gasteiger partial charge in [0.25, 0.3) is 0 Å². The summed E-state index contributed by atoms with van der Waals surface area (Å²) in [4.78, 5) is 14.0. The van der Waals surface area contributed by atoms with Crippen LogP contribution in [0.25, 0.3) is 0 Å². The minimum Gasteiger partial charge on any atom is -0.337 e. The van der Waals surface area contributed by atoms with E-state index in [4.69, 9.17) is 0 Å². The molecule has 0 aromatic carbocycles. The van der Waals surface area contributed by atoms with Crippen LogP contribution in [0.3, 0.4) is 0 Å². The zero-order chi connectivity index (χ0) is 10.6. The first-order chi connectivity index (χ1) is 6.66. The molecule has 14 heavy (non-hydrogen) atoms. The third-order valence-corrected chi connectivity index (χ3v) is 2.93. The fourth-order valence-corrected chi connectivity index (χ4v) is 2.01. The second-order valence-electron chi connectivity index (χ2n) is 4.27. The maximum absolute atomic E-state index is 12.0.